The molecule has 3 rings (SSSR count). The number of carbonyl (C=O) groups excluding carboxylic acids is 2. The second-order valence-corrected chi connectivity index (χ2v) is 5.87. The molecule has 0 unspecified atom stereocenters. The van der Waals surface area contributed by atoms with E-state index in [1.165, 1.54) is 0 Å². The quantitative estimate of drug-likeness (QED) is 0.627. The Kier molecular flexibility index (Phi) is 6.20. The Balaban J connectivity index is 1.55. The highest BCUT2D eigenvalue weighted by atomic mass is 16.5. The lowest BCUT2D eigenvalue weighted by molar-refractivity contribution is -0.143. The van der Waals surface area contributed by atoms with Crippen molar-refractivity contribution in [3.8, 4) is 0 Å². The summed E-state index contributed by atoms with van der Waals surface area (Å²) in [6.45, 7) is -0.00691. The number of carbonyl (C=O) groups is 2. The predicted molar refractivity (Wildman–Crippen MR) is 105 cm³/mol. The van der Waals surface area contributed by atoms with Gasteiger partial charge in [-0.2, -0.15) is 0 Å². The summed E-state index contributed by atoms with van der Waals surface area (Å²) in [6, 6.07) is 26.1. The Morgan fingerprint density at radius 3 is 2.15 bits per heavy atom. The summed E-state index contributed by atoms with van der Waals surface area (Å²) in [5, 5.41) is 5.82. The van der Waals surface area contributed by atoms with Crippen LogP contribution in [0.2, 0.25) is 0 Å². The van der Waals surface area contributed by atoms with Crippen LogP contribution in [0.1, 0.15) is 15.9 Å². The van der Waals surface area contributed by atoms with Gasteiger partial charge in [-0.25, -0.2) is 0 Å². The van der Waals surface area contributed by atoms with Crippen molar-refractivity contribution >= 4 is 23.3 Å². The molecule has 3 aromatic carbocycles. The first-order valence-corrected chi connectivity index (χ1v) is 8.61. The molecule has 0 aliphatic rings. The van der Waals surface area contributed by atoms with Gasteiger partial charge in [0.2, 0.25) is 0 Å². The summed E-state index contributed by atoms with van der Waals surface area (Å²) in [6.07, 6.45) is 0. The molecule has 0 fully saturated rings. The van der Waals surface area contributed by atoms with E-state index in [1.54, 1.807) is 12.1 Å². The number of nitrogens with one attached hydrogen (secondary N) is 2. The molecule has 0 aliphatic heterocycles. The van der Waals surface area contributed by atoms with Gasteiger partial charge in [-0.3, -0.25) is 9.59 Å². The lowest BCUT2D eigenvalue weighted by Gasteiger charge is -2.12. The van der Waals surface area contributed by atoms with E-state index in [0.29, 0.717) is 11.3 Å². The zero-order chi connectivity index (χ0) is 18.9. The molecule has 0 spiro atoms. The molecule has 136 valence electrons. The highest BCUT2D eigenvalue weighted by Gasteiger charge is 2.13. The van der Waals surface area contributed by atoms with Crippen LogP contribution >= 0.6 is 0 Å². The summed E-state index contributed by atoms with van der Waals surface area (Å²) < 4.78 is 5.17. The molecule has 0 atom stereocenters. The minimum absolute atomic E-state index is 0.182. The van der Waals surface area contributed by atoms with Crippen molar-refractivity contribution in [1.82, 2.24) is 5.32 Å². The monoisotopic (exact) mass is 360 g/mol. The summed E-state index contributed by atoms with van der Waals surface area (Å²) in [7, 11) is 0. The van der Waals surface area contributed by atoms with Crippen LogP contribution in [0, 0.1) is 0 Å². The first kappa shape index (κ1) is 18.2. The second-order valence-electron chi connectivity index (χ2n) is 5.87. The number of amides is 1. The fourth-order valence-corrected chi connectivity index (χ4v) is 2.50. The first-order valence-electron chi connectivity index (χ1n) is 8.61. The lowest BCUT2D eigenvalue weighted by Crippen LogP contribution is -2.31. The van der Waals surface area contributed by atoms with Crippen molar-refractivity contribution in [1.29, 1.82) is 0 Å². The van der Waals surface area contributed by atoms with Gasteiger partial charge in [0.05, 0.1) is 11.3 Å². The molecule has 27 heavy (non-hydrogen) atoms. The number of ether oxygens (including phenoxy) is 1. The van der Waals surface area contributed by atoms with Gasteiger partial charge in [0.15, 0.2) is 0 Å². The van der Waals surface area contributed by atoms with Crippen molar-refractivity contribution in [2.75, 3.05) is 11.9 Å². The molecule has 3 aromatic rings. The molecule has 0 saturated heterocycles. The largest absolute Gasteiger partial charge is 0.460 e. The molecule has 1 amide bonds. The van der Waals surface area contributed by atoms with E-state index < -0.39 is 5.97 Å². The Labute approximate surface area is 158 Å². The molecule has 0 aromatic heterocycles. The van der Waals surface area contributed by atoms with E-state index in [1.807, 2.05) is 72.8 Å². The van der Waals surface area contributed by atoms with Gasteiger partial charge in [0.25, 0.3) is 5.91 Å². The van der Waals surface area contributed by atoms with Crippen molar-refractivity contribution in [3.05, 3.63) is 96.1 Å². The maximum absolute atomic E-state index is 12.5. The molecule has 0 bridgehead atoms. The topological polar surface area (TPSA) is 67.4 Å². The molecular weight excluding hydrogens is 340 g/mol. The summed E-state index contributed by atoms with van der Waals surface area (Å²) in [4.78, 5) is 24.4. The van der Waals surface area contributed by atoms with Crippen LogP contribution < -0.4 is 10.6 Å². The maximum Gasteiger partial charge on any atom is 0.325 e. The van der Waals surface area contributed by atoms with Crippen LogP contribution in [-0.4, -0.2) is 18.4 Å². The smallest absolute Gasteiger partial charge is 0.325 e. The van der Waals surface area contributed by atoms with Crippen LogP contribution in [0.5, 0.6) is 0 Å². The van der Waals surface area contributed by atoms with E-state index >= 15 is 0 Å². The number of anilines is 2. The zero-order valence-electron chi connectivity index (χ0n) is 14.7. The van der Waals surface area contributed by atoms with Crippen LogP contribution in [0.15, 0.2) is 84.9 Å². The third-order valence-corrected chi connectivity index (χ3v) is 3.86. The number of esters is 1. The van der Waals surface area contributed by atoms with Crippen LogP contribution in [0.3, 0.4) is 0 Å². The fraction of sp³-hybridized carbons (Fsp3) is 0.0909. The van der Waals surface area contributed by atoms with E-state index in [0.717, 1.165) is 11.3 Å². The van der Waals surface area contributed by atoms with E-state index in [2.05, 4.69) is 10.6 Å². The number of para-hydroxylation sites is 2. The molecule has 5 nitrogen and oxygen atoms in total. The summed E-state index contributed by atoms with van der Waals surface area (Å²) >= 11 is 0. The highest BCUT2D eigenvalue weighted by molar-refractivity contribution is 6.01. The maximum atomic E-state index is 12.5. The SMILES string of the molecule is O=C(CNC(=O)c1ccccc1Nc1ccccc1)OCc1ccccc1. The molecule has 0 radical (unpaired) electrons. The minimum Gasteiger partial charge on any atom is -0.460 e. The van der Waals surface area contributed by atoms with Gasteiger partial charge in [0.1, 0.15) is 13.2 Å². The lowest BCUT2D eigenvalue weighted by atomic mass is 10.1. The molecule has 0 aliphatic carbocycles. The molecular formula is C22H20N2O3. The van der Waals surface area contributed by atoms with E-state index in [-0.39, 0.29) is 19.1 Å². The van der Waals surface area contributed by atoms with Gasteiger partial charge in [-0.15, -0.1) is 0 Å². The Morgan fingerprint density at radius 2 is 1.41 bits per heavy atom. The second kappa shape index (κ2) is 9.20. The Bertz CT molecular complexity index is 896. The van der Waals surface area contributed by atoms with Crippen LogP contribution in [0.4, 0.5) is 11.4 Å². The predicted octanol–water partition coefficient (Wildman–Crippen LogP) is 3.90. The van der Waals surface area contributed by atoms with Gasteiger partial charge >= 0.3 is 5.97 Å². The standard InChI is InChI=1S/C22H20N2O3/c25-21(27-16-17-9-3-1-4-10-17)15-23-22(26)19-13-7-8-14-20(19)24-18-11-5-2-6-12-18/h1-14,24H,15-16H2,(H,23,26). The van der Waals surface area contributed by atoms with E-state index in [9.17, 15) is 9.59 Å². The molecule has 2 N–H and O–H groups in total. The normalized spacial score (nSPS) is 10.1. The van der Waals surface area contributed by atoms with Gasteiger partial charge in [-0.1, -0.05) is 60.7 Å². The Morgan fingerprint density at radius 1 is 0.778 bits per heavy atom. The minimum atomic E-state index is -0.485. The van der Waals surface area contributed by atoms with Crippen LogP contribution in [0.25, 0.3) is 0 Å². The number of hydrogen-bond acceptors (Lipinski definition) is 4. The third kappa shape index (κ3) is 5.44. The average molecular weight is 360 g/mol. The van der Waals surface area contributed by atoms with E-state index in [4.69, 9.17) is 4.74 Å². The van der Waals surface area contributed by atoms with Crippen molar-refractivity contribution in [2.45, 2.75) is 6.61 Å². The zero-order valence-corrected chi connectivity index (χ0v) is 14.7. The van der Waals surface area contributed by atoms with Gasteiger partial charge < -0.3 is 15.4 Å². The molecule has 0 heterocycles. The number of hydrogen-bond donors (Lipinski definition) is 2. The summed E-state index contributed by atoms with van der Waals surface area (Å²) in [5.41, 5.74) is 2.89. The third-order valence-electron chi connectivity index (χ3n) is 3.86. The number of benzene rings is 3. The fourth-order valence-electron chi connectivity index (χ4n) is 2.50. The average Bonchev–Trinajstić information content (AvgIpc) is 2.72. The van der Waals surface area contributed by atoms with Crippen molar-refractivity contribution in [3.63, 3.8) is 0 Å². The molecule has 5 heteroatoms. The van der Waals surface area contributed by atoms with Crippen molar-refractivity contribution in [2.24, 2.45) is 0 Å². The highest BCUT2D eigenvalue weighted by Crippen LogP contribution is 2.20. The molecule has 0 saturated carbocycles. The van der Waals surface area contributed by atoms with Crippen LogP contribution in [-0.2, 0) is 16.1 Å². The first-order chi connectivity index (χ1) is 13.2. The van der Waals surface area contributed by atoms with Gasteiger partial charge in [0, 0.05) is 5.69 Å². The van der Waals surface area contributed by atoms with Crippen molar-refractivity contribution < 1.29 is 14.3 Å². The summed E-state index contributed by atoms with van der Waals surface area (Å²) in [5.74, 6) is -0.827. The Hall–Kier alpha value is -3.60. The number of rotatable bonds is 7. The van der Waals surface area contributed by atoms with Gasteiger partial charge in [-0.05, 0) is 29.8 Å².